The minimum Gasteiger partial charge on any atom is -0.329 e. The topological polar surface area (TPSA) is 63.9 Å². The number of fused-ring (bicyclic) bond motifs is 2. The minimum atomic E-state index is 0.0226. The fourth-order valence-electron chi connectivity index (χ4n) is 3.89. The highest BCUT2D eigenvalue weighted by Crippen LogP contribution is 2.37. The molecule has 1 aliphatic rings. The molecule has 4 aromatic rings. The van der Waals surface area contributed by atoms with Crippen LogP contribution in [0.3, 0.4) is 0 Å². The first kappa shape index (κ1) is 16.4. The summed E-state index contributed by atoms with van der Waals surface area (Å²) < 4.78 is 2.92. The molecule has 6 nitrogen and oxygen atoms in total. The maximum Gasteiger partial charge on any atom is 0.256 e. The van der Waals surface area contributed by atoms with Gasteiger partial charge in [-0.05, 0) is 38.0 Å². The van der Waals surface area contributed by atoms with Crippen LogP contribution < -0.4 is 0 Å². The van der Waals surface area contributed by atoms with Crippen molar-refractivity contribution in [2.45, 2.75) is 25.8 Å². The van der Waals surface area contributed by atoms with E-state index in [-0.39, 0.29) is 11.9 Å². The van der Waals surface area contributed by atoms with Crippen molar-refractivity contribution in [3.8, 4) is 0 Å². The van der Waals surface area contributed by atoms with Crippen LogP contribution in [0, 0.1) is 6.92 Å². The minimum absolute atomic E-state index is 0.0226. The molecule has 0 spiro atoms. The van der Waals surface area contributed by atoms with Crippen LogP contribution in [0.5, 0.6) is 0 Å². The van der Waals surface area contributed by atoms with Crippen molar-refractivity contribution in [3.63, 3.8) is 0 Å². The fourth-order valence-corrected chi connectivity index (χ4v) is 5.01. The molecule has 1 saturated heterocycles. The fraction of sp³-hybridized carbons (Fsp3) is 0.300. The highest BCUT2D eigenvalue weighted by atomic mass is 32.1. The third-order valence-corrected chi connectivity index (χ3v) is 6.36. The van der Waals surface area contributed by atoms with Gasteiger partial charge in [0.25, 0.3) is 5.91 Å². The van der Waals surface area contributed by atoms with Gasteiger partial charge in [-0.3, -0.25) is 9.48 Å². The third kappa shape index (κ3) is 2.61. The molecule has 1 aliphatic heterocycles. The number of hydrogen-bond donors (Lipinski definition) is 0. The lowest BCUT2D eigenvalue weighted by molar-refractivity contribution is 0.0735. The number of rotatable bonds is 2. The molecule has 4 heterocycles. The number of aryl methyl sites for hydroxylation is 2. The molecule has 1 unspecified atom stereocenters. The van der Waals surface area contributed by atoms with Crippen LogP contribution in [-0.4, -0.2) is 37.1 Å². The highest BCUT2D eigenvalue weighted by molar-refractivity contribution is 7.18. The van der Waals surface area contributed by atoms with Crippen molar-refractivity contribution >= 4 is 38.5 Å². The largest absolute Gasteiger partial charge is 0.329 e. The predicted molar refractivity (Wildman–Crippen MR) is 106 cm³/mol. The molecular formula is C20H19N5OS. The van der Waals surface area contributed by atoms with Gasteiger partial charge in [0.15, 0.2) is 5.65 Å². The predicted octanol–water partition coefficient (Wildman–Crippen LogP) is 3.86. The zero-order valence-electron chi connectivity index (χ0n) is 15.2. The number of benzene rings is 1. The summed E-state index contributed by atoms with van der Waals surface area (Å²) in [5, 5.41) is 6.35. The number of hydrogen-bond acceptors (Lipinski definition) is 5. The molecule has 27 heavy (non-hydrogen) atoms. The van der Waals surface area contributed by atoms with Gasteiger partial charge < -0.3 is 4.90 Å². The number of carbonyl (C=O) groups excluding carboxylic acids is 1. The Balaban J connectivity index is 1.51. The molecule has 1 aromatic carbocycles. The molecular weight excluding hydrogens is 358 g/mol. The lowest BCUT2D eigenvalue weighted by Gasteiger charge is -2.23. The lowest BCUT2D eigenvalue weighted by Crippen LogP contribution is -2.30. The molecule has 0 aliphatic carbocycles. The van der Waals surface area contributed by atoms with Gasteiger partial charge in [-0.15, -0.1) is 11.3 Å². The monoisotopic (exact) mass is 377 g/mol. The molecule has 1 fully saturated rings. The van der Waals surface area contributed by atoms with Gasteiger partial charge in [0.1, 0.15) is 5.01 Å². The van der Waals surface area contributed by atoms with E-state index in [0.29, 0.717) is 5.56 Å². The van der Waals surface area contributed by atoms with E-state index in [1.807, 2.05) is 43.1 Å². The summed E-state index contributed by atoms with van der Waals surface area (Å²) >= 11 is 1.69. The smallest absolute Gasteiger partial charge is 0.256 e. The summed E-state index contributed by atoms with van der Waals surface area (Å²) in [5.41, 5.74) is 3.31. The van der Waals surface area contributed by atoms with Crippen molar-refractivity contribution in [1.82, 2.24) is 24.6 Å². The van der Waals surface area contributed by atoms with Crippen LogP contribution in [0.15, 0.2) is 36.5 Å². The second kappa shape index (κ2) is 6.13. The molecule has 7 heteroatoms. The summed E-state index contributed by atoms with van der Waals surface area (Å²) in [7, 11) is 1.87. The Morgan fingerprint density at radius 1 is 1.30 bits per heavy atom. The van der Waals surface area contributed by atoms with Gasteiger partial charge in [-0.1, -0.05) is 12.1 Å². The van der Waals surface area contributed by atoms with Crippen LogP contribution in [0.2, 0.25) is 0 Å². The Morgan fingerprint density at radius 2 is 2.15 bits per heavy atom. The summed E-state index contributed by atoms with van der Waals surface area (Å²) in [5.74, 6) is 0.0226. The first-order valence-corrected chi connectivity index (χ1v) is 9.89. The zero-order chi connectivity index (χ0) is 18.5. The first-order chi connectivity index (χ1) is 13.1. The van der Waals surface area contributed by atoms with E-state index in [1.165, 1.54) is 4.70 Å². The SMILES string of the molecule is Cc1nn(C)c2ncc(C(=O)N3CCCC3c3nc4ccccc4s3)cc12. The van der Waals surface area contributed by atoms with E-state index in [2.05, 4.69) is 16.1 Å². The Bertz CT molecular complexity index is 1140. The summed E-state index contributed by atoms with van der Waals surface area (Å²) in [6.07, 6.45) is 3.61. The Hall–Kier alpha value is -2.80. The Morgan fingerprint density at radius 3 is 3.00 bits per heavy atom. The molecule has 0 N–H and O–H groups in total. The van der Waals surface area contributed by atoms with Crippen molar-refractivity contribution in [2.75, 3.05) is 6.54 Å². The van der Waals surface area contributed by atoms with Crippen LogP contribution in [0.1, 0.15) is 39.9 Å². The number of para-hydroxylation sites is 1. The third-order valence-electron chi connectivity index (χ3n) is 5.22. The van der Waals surface area contributed by atoms with E-state index in [1.54, 1.807) is 22.2 Å². The van der Waals surface area contributed by atoms with Crippen LogP contribution >= 0.6 is 11.3 Å². The number of likely N-dealkylation sites (tertiary alicyclic amines) is 1. The van der Waals surface area contributed by atoms with Gasteiger partial charge in [0.2, 0.25) is 0 Å². The maximum atomic E-state index is 13.2. The lowest BCUT2D eigenvalue weighted by atomic mass is 10.1. The second-order valence-electron chi connectivity index (χ2n) is 6.98. The number of thiazole rings is 1. The number of amides is 1. The van der Waals surface area contributed by atoms with E-state index < -0.39 is 0 Å². The molecule has 3 aromatic heterocycles. The first-order valence-electron chi connectivity index (χ1n) is 9.07. The molecule has 0 bridgehead atoms. The molecule has 5 rings (SSSR count). The molecule has 1 atom stereocenters. The Kier molecular flexibility index (Phi) is 3.72. The number of pyridine rings is 1. The average Bonchev–Trinajstić information content (AvgIpc) is 3.38. The van der Waals surface area contributed by atoms with Gasteiger partial charge in [0.05, 0.1) is 27.5 Å². The van der Waals surface area contributed by atoms with Crippen molar-refractivity contribution in [3.05, 3.63) is 52.8 Å². The van der Waals surface area contributed by atoms with Gasteiger partial charge in [-0.2, -0.15) is 5.10 Å². The van der Waals surface area contributed by atoms with Crippen LogP contribution in [0.25, 0.3) is 21.3 Å². The van der Waals surface area contributed by atoms with E-state index in [0.717, 1.165) is 46.6 Å². The van der Waals surface area contributed by atoms with Gasteiger partial charge >= 0.3 is 0 Å². The van der Waals surface area contributed by atoms with Crippen LogP contribution in [0.4, 0.5) is 0 Å². The van der Waals surface area contributed by atoms with Gasteiger partial charge in [0, 0.05) is 25.2 Å². The number of nitrogens with zero attached hydrogens (tertiary/aromatic N) is 5. The summed E-state index contributed by atoms with van der Waals surface area (Å²) in [6.45, 7) is 2.70. The maximum absolute atomic E-state index is 13.2. The molecule has 136 valence electrons. The second-order valence-corrected chi connectivity index (χ2v) is 8.04. The average molecular weight is 377 g/mol. The van der Waals surface area contributed by atoms with E-state index in [4.69, 9.17) is 4.98 Å². The van der Waals surface area contributed by atoms with E-state index in [9.17, 15) is 4.79 Å². The van der Waals surface area contributed by atoms with Crippen molar-refractivity contribution in [1.29, 1.82) is 0 Å². The van der Waals surface area contributed by atoms with Gasteiger partial charge in [-0.25, -0.2) is 9.97 Å². The highest BCUT2D eigenvalue weighted by Gasteiger charge is 2.33. The normalized spacial score (nSPS) is 17.3. The molecule has 0 radical (unpaired) electrons. The molecule has 1 amide bonds. The van der Waals surface area contributed by atoms with Crippen molar-refractivity contribution in [2.24, 2.45) is 7.05 Å². The van der Waals surface area contributed by atoms with Crippen molar-refractivity contribution < 1.29 is 4.79 Å². The standard InChI is InChI=1S/C20H19N5OS/c1-12-14-10-13(11-21-18(14)24(2)23-12)20(26)25-9-5-7-16(25)19-22-15-6-3-4-8-17(15)27-19/h3-4,6,8,10-11,16H,5,7,9H2,1-2H3. The summed E-state index contributed by atoms with van der Waals surface area (Å²) in [4.78, 5) is 24.4. The number of aromatic nitrogens is 4. The Labute approximate surface area is 160 Å². The van der Waals surface area contributed by atoms with E-state index >= 15 is 0 Å². The zero-order valence-corrected chi connectivity index (χ0v) is 16.0. The number of carbonyl (C=O) groups is 1. The molecule has 0 saturated carbocycles. The quantitative estimate of drug-likeness (QED) is 0.532. The summed E-state index contributed by atoms with van der Waals surface area (Å²) in [6, 6.07) is 10.1. The van der Waals surface area contributed by atoms with Crippen LogP contribution in [-0.2, 0) is 7.05 Å².